The summed E-state index contributed by atoms with van der Waals surface area (Å²) in [4.78, 5) is 26.2. The first-order valence-electron chi connectivity index (χ1n) is 10.5. The van der Waals surface area contributed by atoms with Crippen LogP contribution < -0.4 is 10.2 Å². The maximum atomic E-state index is 12.5. The number of hydrogen-bond acceptors (Lipinski definition) is 4. The van der Waals surface area contributed by atoms with Gasteiger partial charge in [0.2, 0.25) is 0 Å². The molecular formula is C26H26N2O4. The number of ether oxygens (including phenoxy) is 1. The molecule has 0 bridgehead atoms. The lowest BCUT2D eigenvalue weighted by atomic mass is 9.98. The molecule has 1 aliphatic carbocycles. The van der Waals surface area contributed by atoms with E-state index in [2.05, 4.69) is 17.4 Å². The molecule has 164 valence electrons. The fraction of sp³-hybridized carbons (Fsp3) is 0.231. The van der Waals surface area contributed by atoms with Crippen LogP contribution in [0, 0.1) is 0 Å². The lowest BCUT2D eigenvalue weighted by Crippen LogP contribution is -2.42. The number of alkyl carbamates (subject to hydrolysis) is 1. The molecule has 1 atom stereocenters. The van der Waals surface area contributed by atoms with Crippen molar-refractivity contribution in [2.45, 2.75) is 18.4 Å². The minimum atomic E-state index is -1.10. The first kappa shape index (κ1) is 21.4. The predicted molar refractivity (Wildman–Crippen MR) is 124 cm³/mol. The number of rotatable bonds is 7. The number of fused-ring (bicyclic) bond motifs is 3. The number of carboxylic acids is 1. The molecule has 0 radical (unpaired) electrons. The highest BCUT2D eigenvalue weighted by molar-refractivity contribution is 5.81. The van der Waals surface area contributed by atoms with E-state index in [0.29, 0.717) is 0 Å². The second kappa shape index (κ2) is 9.14. The largest absolute Gasteiger partial charge is 0.480 e. The van der Waals surface area contributed by atoms with Gasteiger partial charge < -0.3 is 20.1 Å². The summed E-state index contributed by atoms with van der Waals surface area (Å²) in [5.41, 5.74) is 6.34. The molecule has 0 spiro atoms. The van der Waals surface area contributed by atoms with Gasteiger partial charge in [0.25, 0.3) is 0 Å². The zero-order valence-corrected chi connectivity index (χ0v) is 18.1. The van der Waals surface area contributed by atoms with Crippen LogP contribution in [0.1, 0.15) is 22.6 Å². The number of anilines is 1. The molecule has 0 saturated heterocycles. The number of aliphatic carboxylic acids is 1. The molecule has 0 aliphatic heterocycles. The van der Waals surface area contributed by atoms with Crippen molar-refractivity contribution in [1.82, 2.24) is 5.32 Å². The number of nitrogens with one attached hydrogen (secondary N) is 1. The van der Waals surface area contributed by atoms with Crippen LogP contribution in [-0.4, -0.2) is 43.9 Å². The molecular weight excluding hydrogens is 404 g/mol. The Labute approximate surface area is 187 Å². The third kappa shape index (κ3) is 4.44. The standard InChI is InChI=1S/C26H26N2O4/c1-28(2)18-13-11-17(12-14-18)15-24(25(29)30)27-26(31)32-16-23-21-9-5-3-7-19(21)20-8-4-6-10-22(20)23/h3-14,23-24H,15-16H2,1-2H3,(H,27,31)(H,29,30). The molecule has 0 aromatic heterocycles. The smallest absolute Gasteiger partial charge is 0.407 e. The molecule has 2 N–H and O–H groups in total. The van der Waals surface area contributed by atoms with Gasteiger partial charge in [-0.1, -0.05) is 60.7 Å². The summed E-state index contributed by atoms with van der Waals surface area (Å²) in [5.74, 6) is -1.18. The zero-order valence-electron chi connectivity index (χ0n) is 18.1. The van der Waals surface area contributed by atoms with Gasteiger partial charge >= 0.3 is 12.1 Å². The number of nitrogens with zero attached hydrogens (tertiary/aromatic N) is 1. The molecule has 0 fully saturated rings. The van der Waals surface area contributed by atoms with Gasteiger partial charge in [0.1, 0.15) is 12.6 Å². The first-order valence-corrected chi connectivity index (χ1v) is 10.5. The van der Waals surface area contributed by atoms with Crippen LogP contribution in [0.3, 0.4) is 0 Å². The summed E-state index contributed by atoms with van der Waals surface area (Å²) in [6.45, 7) is 0.143. The molecule has 3 aromatic rings. The Balaban J connectivity index is 1.41. The predicted octanol–water partition coefficient (Wildman–Crippen LogP) is 4.29. The Bertz CT molecular complexity index is 1080. The van der Waals surface area contributed by atoms with Crippen LogP contribution in [0.15, 0.2) is 72.8 Å². The maximum absolute atomic E-state index is 12.5. The van der Waals surface area contributed by atoms with Crippen molar-refractivity contribution >= 4 is 17.7 Å². The van der Waals surface area contributed by atoms with E-state index in [4.69, 9.17) is 4.74 Å². The van der Waals surface area contributed by atoms with Gasteiger partial charge in [-0.2, -0.15) is 0 Å². The summed E-state index contributed by atoms with van der Waals surface area (Å²) in [7, 11) is 3.88. The van der Waals surface area contributed by atoms with Crippen molar-refractivity contribution in [3.05, 3.63) is 89.5 Å². The van der Waals surface area contributed by atoms with Gasteiger partial charge in [0.05, 0.1) is 0 Å². The number of amides is 1. The minimum absolute atomic E-state index is 0.0741. The number of carboxylic acid groups (broad SMARTS) is 1. The van der Waals surface area contributed by atoms with Crippen LogP contribution in [0.25, 0.3) is 11.1 Å². The zero-order chi connectivity index (χ0) is 22.7. The maximum Gasteiger partial charge on any atom is 0.407 e. The Kier molecular flexibility index (Phi) is 6.12. The fourth-order valence-electron chi connectivity index (χ4n) is 4.15. The van der Waals surface area contributed by atoms with Crippen molar-refractivity contribution in [2.24, 2.45) is 0 Å². The molecule has 1 amide bonds. The second-order valence-corrected chi connectivity index (χ2v) is 8.13. The Morgan fingerprint density at radius 3 is 2.03 bits per heavy atom. The summed E-state index contributed by atoms with van der Waals surface area (Å²) < 4.78 is 5.49. The number of benzene rings is 3. The van der Waals surface area contributed by atoms with Gasteiger partial charge in [-0.05, 0) is 39.9 Å². The van der Waals surface area contributed by atoms with E-state index in [-0.39, 0.29) is 18.9 Å². The minimum Gasteiger partial charge on any atom is -0.480 e. The monoisotopic (exact) mass is 430 g/mol. The van der Waals surface area contributed by atoms with Gasteiger partial charge in [-0.15, -0.1) is 0 Å². The van der Waals surface area contributed by atoms with Crippen LogP contribution in [0.2, 0.25) is 0 Å². The van der Waals surface area contributed by atoms with Crippen LogP contribution in [-0.2, 0) is 16.0 Å². The summed E-state index contributed by atoms with van der Waals surface area (Å²) in [6, 6.07) is 22.6. The molecule has 6 heteroatoms. The van der Waals surface area contributed by atoms with Crippen LogP contribution in [0.5, 0.6) is 0 Å². The highest BCUT2D eigenvalue weighted by Gasteiger charge is 2.29. The van der Waals surface area contributed by atoms with E-state index in [9.17, 15) is 14.7 Å². The second-order valence-electron chi connectivity index (χ2n) is 8.13. The number of carbonyl (C=O) groups excluding carboxylic acids is 1. The van der Waals surface area contributed by atoms with Crippen molar-refractivity contribution in [3.63, 3.8) is 0 Å². The summed E-state index contributed by atoms with van der Waals surface area (Å²) in [5, 5.41) is 12.1. The molecule has 6 nitrogen and oxygen atoms in total. The quantitative estimate of drug-likeness (QED) is 0.585. The van der Waals surface area contributed by atoms with E-state index >= 15 is 0 Å². The van der Waals surface area contributed by atoms with Crippen LogP contribution >= 0.6 is 0 Å². The molecule has 32 heavy (non-hydrogen) atoms. The third-order valence-corrected chi connectivity index (χ3v) is 5.83. The average molecular weight is 431 g/mol. The third-order valence-electron chi connectivity index (χ3n) is 5.83. The lowest BCUT2D eigenvalue weighted by Gasteiger charge is -2.18. The van der Waals surface area contributed by atoms with Crippen molar-refractivity contribution in [1.29, 1.82) is 0 Å². The molecule has 4 rings (SSSR count). The van der Waals surface area contributed by atoms with Gasteiger partial charge in [0, 0.05) is 32.1 Å². The van der Waals surface area contributed by atoms with Crippen molar-refractivity contribution < 1.29 is 19.4 Å². The van der Waals surface area contributed by atoms with Gasteiger partial charge in [0.15, 0.2) is 0 Å². The molecule has 3 aromatic carbocycles. The summed E-state index contributed by atoms with van der Waals surface area (Å²) in [6.07, 6.45) is -0.558. The van der Waals surface area contributed by atoms with E-state index in [1.807, 2.05) is 79.7 Å². The Hall–Kier alpha value is -3.80. The normalized spacial score (nSPS) is 13.1. The lowest BCUT2D eigenvalue weighted by molar-refractivity contribution is -0.139. The number of carbonyl (C=O) groups is 2. The Morgan fingerprint density at radius 1 is 0.938 bits per heavy atom. The fourth-order valence-corrected chi connectivity index (χ4v) is 4.15. The molecule has 0 saturated carbocycles. The van der Waals surface area contributed by atoms with E-state index in [1.165, 1.54) is 0 Å². The Morgan fingerprint density at radius 2 is 1.50 bits per heavy atom. The first-order chi connectivity index (χ1) is 15.4. The SMILES string of the molecule is CN(C)c1ccc(CC(NC(=O)OCC2c3ccccc3-c3ccccc32)C(=O)O)cc1. The van der Waals surface area contributed by atoms with E-state index in [1.54, 1.807) is 0 Å². The van der Waals surface area contributed by atoms with Gasteiger partial charge in [-0.25, -0.2) is 9.59 Å². The topological polar surface area (TPSA) is 78.9 Å². The summed E-state index contributed by atoms with van der Waals surface area (Å²) >= 11 is 0. The van der Waals surface area contributed by atoms with E-state index < -0.39 is 18.1 Å². The van der Waals surface area contributed by atoms with Crippen molar-refractivity contribution in [2.75, 3.05) is 25.6 Å². The van der Waals surface area contributed by atoms with Crippen molar-refractivity contribution in [3.8, 4) is 11.1 Å². The number of hydrogen-bond donors (Lipinski definition) is 2. The molecule has 1 unspecified atom stereocenters. The van der Waals surface area contributed by atoms with E-state index in [0.717, 1.165) is 33.5 Å². The molecule has 1 aliphatic rings. The van der Waals surface area contributed by atoms with Crippen LogP contribution in [0.4, 0.5) is 10.5 Å². The average Bonchev–Trinajstić information content (AvgIpc) is 3.11. The molecule has 0 heterocycles. The van der Waals surface area contributed by atoms with Gasteiger partial charge in [-0.3, -0.25) is 0 Å². The highest BCUT2D eigenvalue weighted by atomic mass is 16.5. The highest BCUT2D eigenvalue weighted by Crippen LogP contribution is 2.44.